The number of para-hydroxylation sites is 2. The fourth-order valence-electron chi connectivity index (χ4n) is 5.93. The summed E-state index contributed by atoms with van der Waals surface area (Å²) < 4.78 is 16.4. The number of nitro groups is 1. The minimum Gasteiger partial charge on any atom is -0.453 e. The summed E-state index contributed by atoms with van der Waals surface area (Å²) in [6.45, 7) is 6.11. The van der Waals surface area contributed by atoms with Crippen LogP contribution in [-0.4, -0.2) is 25.9 Å². The van der Waals surface area contributed by atoms with Crippen LogP contribution in [0, 0.1) is 24.0 Å². The number of aromatic nitrogens is 2. The number of hydrogen-bond acceptors (Lipinski definition) is 9. The molecule has 58 heavy (non-hydrogen) atoms. The highest BCUT2D eigenvalue weighted by Gasteiger charge is 2.28. The number of nitro benzene ring substituents is 1. The molecule has 6 rings (SSSR count). The lowest BCUT2D eigenvalue weighted by Crippen LogP contribution is -2.18. The van der Waals surface area contributed by atoms with E-state index in [1.807, 2.05) is 30.3 Å². The molecule has 2 heterocycles. The van der Waals surface area contributed by atoms with E-state index in [2.05, 4.69) is 42.5 Å². The highest BCUT2D eigenvalue weighted by molar-refractivity contribution is 9.10. The molecule has 0 fully saturated rings. The first-order chi connectivity index (χ1) is 27.5. The van der Waals surface area contributed by atoms with Crippen molar-refractivity contribution >= 4 is 66.4 Å². The molecule has 0 saturated heterocycles. The van der Waals surface area contributed by atoms with Gasteiger partial charge in [0.25, 0.3) is 11.1 Å². The smallest absolute Gasteiger partial charge is 0.335 e. The summed E-state index contributed by atoms with van der Waals surface area (Å²) in [7, 11) is 3.30. The van der Waals surface area contributed by atoms with E-state index in [9.17, 15) is 29.3 Å². The molecule has 298 valence electrons. The molecule has 2 amide bonds. The van der Waals surface area contributed by atoms with E-state index < -0.39 is 10.8 Å². The van der Waals surface area contributed by atoms with E-state index in [1.54, 1.807) is 88.9 Å². The molecule has 4 N–H and O–H groups in total. The lowest BCUT2D eigenvalue weighted by molar-refractivity contribution is -0.384. The van der Waals surface area contributed by atoms with Gasteiger partial charge in [-0.25, -0.2) is 0 Å². The van der Waals surface area contributed by atoms with Crippen LogP contribution in [0.25, 0.3) is 22.3 Å². The van der Waals surface area contributed by atoms with Crippen molar-refractivity contribution in [2.24, 2.45) is 14.1 Å². The SMILES string of the molecule is CC(=O)Nc1ccc(-c2cc(C)c(=O)n(C)c2)c(Oc2ccccc2Br)c1N.CC(=O)Nc1ccc(-c2cc(C)c(=O)n(C)c2)c(Oc2ccccc2Br)c1[N+](=O)[O-]. The molecule has 16 heteroatoms. The van der Waals surface area contributed by atoms with Crippen molar-refractivity contribution in [1.82, 2.24) is 9.13 Å². The minimum absolute atomic E-state index is 0.0137. The van der Waals surface area contributed by atoms with Crippen LogP contribution in [0.15, 0.2) is 116 Å². The number of nitrogen functional groups attached to an aromatic ring is 1. The number of rotatable bonds is 9. The number of nitrogens with zero attached hydrogens (tertiary/aromatic N) is 3. The van der Waals surface area contributed by atoms with Crippen molar-refractivity contribution in [2.45, 2.75) is 27.7 Å². The van der Waals surface area contributed by atoms with Gasteiger partial charge < -0.3 is 35.0 Å². The summed E-state index contributed by atoms with van der Waals surface area (Å²) in [5, 5.41) is 17.2. The van der Waals surface area contributed by atoms with Crippen molar-refractivity contribution in [1.29, 1.82) is 0 Å². The molecule has 14 nitrogen and oxygen atoms in total. The monoisotopic (exact) mass is 912 g/mol. The van der Waals surface area contributed by atoms with Crippen molar-refractivity contribution in [3.05, 3.63) is 148 Å². The van der Waals surface area contributed by atoms with Gasteiger partial charge in [-0.3, -0.25) is 29.3 Å². The number of aryl methyl sites for hydroxylation is 4. The first-order valence-corrected chi connectivity index (χ1v) is 19.0. The molecule has 0 saturated carbocycles. The standard InChI is InChI=1S/C21H18BrN3O5.C21H20BrN3O3/c1-12-10-14(11-24(3)21(12)27)15-8-9-17(23-13(2)26)19(25(28)29)20(15)30-18-7-5-4-6-16(18)22;1-12-10-14(11-25(3)21(12)27)15-8-9-17(24-13(2)26)19(23)20(15)28-18-7-5-4-6-16(18)22/h4-11H,1-3H3,(H,23,26);4-11H,23H2,1-3H3,(H,24,26). The largest absolute Gasteiger partial charge is 0.453 e. The number of amides is 2. The maximum atomic E-state index is 12.1. The van der Waals surface area contributed by atoms with E-state index in [0.717, 1.165) is 10.0 Å². The molecule has 4 aromatic carbocycles. The van der Waals surface area contributed by atoms with Crippen LogP contribution in [0.2, 0.25) is 0 Å². The Morgan fingerprint density at radius 1 is 0.690 bits per heavy atom. The van der Waals surface area contributed by atoms with Gasteiger partial charge in [-0.15, -0.1) is 0 Å². The van der Waals surface area contributed by atoms with Crippen LogP contribution >= 0.6 is 31.9 Å². The number of ether oxygens (including phenoxy) is 2. The summed E-state index contributed by atoms with van der Waals surface area (Å²) in [4.78, 5) is 58.6. The van der Waals surface area contributed by atoms with Crippen LogP contribution in [0.4, 0.5) is 22.7 Å². The number of halogens is 2. The Balaban J connectivity index is 0.000000221. The van der Waals surface area contributed by atoms with E-state index in [-0.39, 0.29) is 34.1 Å². The number of carbonyl (C=O) groups is 2. The quantitative estimate of drug-likeness (QED) is 0.0721. The first kappa shape index (κ1) is 42.6. The predicted octanol–water partition coefficient (Wildman–Crippen LogP) is 9.24. The zero-order valence-corrected chi connectivity index (χ0v) is 35.4. The Bertz CT molecular complexity index is 2660. The van der Waals surface area contributed by atoms with Gasteiger partial charge in [0.2, 0.25) is 17.6 Å². The van der Waals surface area contributed by atoms with Crippen molar-refractivity contribution in [2.75, 3.05) is 16.4 Å². The Morgan fingerprint density at radius 2 is 1.10 bits per heavy atom. The van der Waals surface area contributed by atoms with Crippen molar-refractivity contribution in [3.63, 3.8) is 0 Å². The molecule has 2 aromatic heterocycles. The van der Waals surface area contributed by atoms with Crippen LogP contribution in [0.5, 0.6) is 23.0 Å². The lowest BCUT2D eigenvalue weighted by atomic mass is 10.0. The van der Waals surface area contributed by atoms with Crippen molar-refractivity contribution < 1.29 is 24.0 Å². The summed E-state index contributed by atoms with van der Waals surface area (Å²) in [6, 6.07) is 24.4. The molecule has 0 aliphatic heterocycles. The predicted molar refractivity (Wildman–Crippen MR) is 232 cm³/mol. The van der Waals surface area contributed by atoms with E-state index in [0.29, 0.717) is 60.9 Å². The molecular formula is C42H38Br2N6O8. The van der Waals surface area contributed by atoms with Gasteiger partial charge in [-0.05, 0) is 106 Å². The maximum Gasteiger partial charge on any atom is 0.335 e. The summed E-state index contributed by atoms with van der Waals surface area (Å²) >= 11 is 6.85. The van der Waals surface area contributed by atoms with Gasteiger partial charge in [-0.1, -0.05) is 24.3 Å². The van der Waals surface area contributed by atoms with Gasteiger partial charge in [0.1, 0.15) is 17.2 Å². The second kappa shape index (κ2) is 18.2. The average molecular weight is 915 g/mol. The molecule has 6 aromatic rings. The Kier molecular flexibility index (Phi) is 13.3. The van der Waals surface area contributed by atoms with Gasteiger partial charge in [-0.2, -0.15) is 0 Å². The second-order valence-electron chi connectivity index (χ2n) is 13.1. The molecule has 0 spiro atoms. The van der Waals surface area contributed by atoms with Crippen LogP contribution in [0.3, 0.4) is 0 Å². The van der Waals surface area contributed by atoms with Gasteiger partial charge in [0.05, 0.1) is 25.2 Å². The number of pyridine rings is 2. The zero-order chi connectivity index (χ0) is 42.4. The number of anilines is 3. The van der Waals surface area contributed by atoms with E-state index in [1.165, 1.54) is 29.0 Å². The van der Waals surface area contributed by atoms with Crippen LogP contribution in [0.1, 0.15) is 25.0 Å². The number of benzene rings is 4. The summed E-state index contributed by atoms with van der Waals surface area (Å²) in [5.41, 5.74) is 10.0. The minimum atomic E-state index is -0.601. The van der Waals surface area contributed by atoms with Crippen LogP contribution in [-0.2, 0) is 23.7 Å². The van der Waals surface area contributed by atoms with E-state index >= 15 is 0 Å². The Labute approximate surface area is 349 Å². The first-order valence-electron chi connectivity index (χ1n) is 17.5. The van der Waals surface area contributed by atoms with Gasteiger partial charge in [0.15, 0.2) is 5.75 Å². The second-order valence-corrected chi connectivity index (χ2v) is 14.8. The highest BCUT2D eigenvalue weighted by Crippen LogP contribution is 2.47. The van der Waals surface area contributed by atoms with E-state index in [4.69, 9.17) is 15.2 Å². The third kappa shape index (κ3) is 9.70. The summed E-state index contributed by atoms with van der Waals surface area (Å²) in [6.07, 6.45) is 3.31. The third-order valence-electron chi connectivity index (χ3n) is 8.58. The van der Waals surface area contributed by atoms with Gasteiger partial charge in [0, 0.05) is 73.7 Å². The fourth-order valence-corrected chi connectivity index (χ4v) is 6.67. The average Bonchev–Trinajstić information content (AvgIpc) is 3.15. The third-order valence-corrected chi connectivity index (χ3v) is 9.89. The van der Waals surface area contributed by atoms with Gasteiger partial charge >= 0.3 is 5.69 Å². The molecule has 0 atom stereocenters. The molecule has 0 bridgehead atoms. The molecular weight excluding hydrogens is 876 g/mol. The fraction of sp³-hybridized carbons (Fsp3) is 0.143. The number of nitrogens with two attached hydrogens (primary N) is 1. The Morgan fingerprint density at radius 3 is 1.53 bits per heavy atom. The molecule has 0 radical (unpaired) electrons. The molecule has 0 unspecified atom stereocenters. The maximum absolute atomic E-state index is 12.1. The zero-order valence-electron chi connectivity index (χ0n) is 32.2. The highest BCUT2D eigenvalue weighted by atomic mass is 79.9. The normalized spacial score (nSPS) is 10.6. The van der Waals surface area contributed by atoms with Crippen LogP contribution < -0.4 is 37.0 Å². The lowest BCUT2D eigenvalue weighted by Gasteiger charge is -2.18. The number of nitrogens with one attached hydrogen (secondary N) is 2. The number of hydrogen-bond donors (Lipinski definition) is 3. The topological polar surface area (TPSA) is 190 Å². The molecule has 0 aliphatic carbocycles. The summed E-state index contributed by atoms with van der Waals surface area (Å²) in [5.74, 6) is 0.618. The number of carbonyl (C=O) groups excluding carboxylic acids is 2. The molecule has 0 aliphatic rings. The van der Waals surface area contributed by atoms with Crippen molar-refractivity contribution in [3.8, 4) is 45.3 Å². The Hall–Kier alpha value is -6.52.